The SMILES string of the molecule is C/C=C/C=C/C(=O)NCc1ccc(C)c(F)c1. The third kappa shape index (κ3) is 4.64. The second kappa shape index (κ2) is 6.63. The first-order valence-corrected chi connectivity index (χ1v) is 5.45. The summed E-state index contributed by atoms with van der Waals surface area (Å²) in [5.74, 6) is -0.440. The molecule has 0 aliphatic rings. The first kappa shape index (κ1) is 13.2. The number of amides is 1. The Labute approximate surface area is 101 Å². The lowest BCUT2D eigenvalue weighted by Gasteiger charge is -2.04. The second-order valence-electron chi connectivity index (χ2n) is 3.69. The number of nitrogens with one attached hydrogen (secondary N) is 1. The molecule has 0 bridgehead atoms. The van der Waals surface area contributed by atoms with Crippen LogP contribution >= 0.6 is 0 Å². The van der Waals surface area contributed by atoms with Gasteiger partial charge in [-0.25, -0.2) is 4.39 Å². The van der Waals surface area contributed by atoms with Crippen LogP contribution in [0.25, 0.3) is 0 Å². The van der Waals surface area contributed by atoms with Crippen molar-refractivity contribution >= 4 is 5.91 Å². The minimum absolute atomic E-state index is 0.191. The molecule has 1 aromatic carbocycles. The van der Waals surface area contributed by atoms with E-state index in [0.717, 1.165) is 5.56 Å². The molecule has 0 aliphatic carbocycles. The molecule has 0 saturated carbocycles. The monoisotopic (exact) mass is 233 g/mol. The van der Waals surface area contributed by atoms with E-state index in [4.69, 9.17) is 0 Å². The third-order valence-corrected chi connectivity index (χ3v) is 2.25. The fourth-order valence-corrected chi connectivity index (χ4v) is 1.25. The van der Waals surface area contributed by atoms with E-state index < -0.39 is 0 Å². The van der Waals surface area contributed by atoms with Crippen LogP contribution in [-0.4, -0.2) is 5.91 Å². The van der Waals surface area contributed by atoms with E-state index in [1.807, 2.05) is 13.0 Å². The van der Waals surface area contributed by atoms with Crippen molar-refractivity contribution in [2.24, 2.45) is 0 Å². The summed E-state index contributed by atoms with van der Waals surface area (Å²) in [6, 6.07) is 4.94. The van der Waals surface area contributed by atoms with Crippen LogP contribution in [0.1, 0.15) is 18.1 Å². The lowest BCUT2D eigenvalue weighted by Crippen LogP contribution is -2.20. The largest absolute Gasteiger partial charge is 0.348 e. The Kier molecular flexibility index (Phi) is 5.14. The van der Waals surface area contributed by atoms with E-state index in [2.05, 4.69) is 5.32 Å². The summed E-state index contributed by atoms with van der Waals surface area (Å²) in [6.45, 7) is 3.91. The van der Waals surface area contributed by atoms with E-state index in [-0.39, 0.29) is 11.7 Å². The Morgan fingerprint density at radius 2 is 2.18 bits per heavy atom. The molecule has 90 valence electrons. The van der Waals surface area contributed by atoms with E-state index in [9.17, 15) is 9.18 Å². The number of benzene rings is 1. The molecular weight excluding hydrogens is 217 g/mol. The Morgan fingerprint density at radius 3 is 2.82 bits per heavy atom. The van der Waals surface area contributed by atoms with Crippen LogP contribution in [0.2, 0.25) is 0 Å². The Balaban J connectivity index is 2.50. The Morgan fingerprint density at radius 1 is 1.41 bits per heavy atom. The molecule has 1 N–H and O–H groups in total. The second-order valence-corrected chi connectivity index (χ2v) is 3.69. The van der Waals surface area contributed by atoms with Gasteiger partial charge in [0.1, 0.15) is 5.82 Å². The number of carbonyl (C=O) groups is 1. The Bertz CT molecular complexity index is 450. The predicted octanol–water partition coefficient (Wildman–Crippen LogP) is 2.88. The molecular formula is C14H16FNO. The van der Waals surface area contributed by atoms with Gasteiger partial charge in [0.2, 0.25) is 5.91 Å². The standard InChI is InChI=1S/C14H16FNO/c1-3-4-5-6-14(17)16-10-12-8-7-11(2)13(15)9-12/h3-9H,10H2,1-2H3,(H,16,17)/b4-3+,6-5+. The van der Waals surface area contributed by atoms with Gasteiger partial charge < -0.3 is 5.32 Å². The van der Waals surface area contributed by atoms with Gasteiger partial charge in [-0.3, -0.25) is 4.79 Å². The van der Waals surface area contributed by atoms with E-state index >= 15 is 0 Å². The van der Waals surface area contributed by atoms with Crippen LogP contribution in [0.5, 0.6) is 0 Å². The zero-order valence-corrected chi connectivity index (χ0v) is 10.0. The molecule has 0 spiro atoms. The molecule has 0 atom stereocenters. The molecule has 0 radical (unpaired) electrons. The maximum absolute atomic E-state index is 13.2. The summed E-state index contributed by atoms with van der Waals surface area (Å²) >= 11 is 0. The first-order valence-electron chi connectivity index (χ1n) is 5.45. The molecule has 0 heterocycles. The fourth-order valence-electron chi connectivity index (χ4n) is 1.25. The van der Waals surface area contributed by atoms with Crippen LogP contribution in [0.3, 0.4) is 0 Å². The number of carbonyl (C=O) groups excluding carboxylic acids is 1. The fraction of sp³-hybridized carbons (Fsp3) is 0.214. The highest BCUT2D eigenvalue weighted by Gasteiger charge is 2.00. The summed E-state index contributed by atoms with van der Waals surface area (Å²) in [7, 11) is 0. The first-order chi connectivity index (χ1) is 8.13. The van der Waals surface area contributed by atoms with Crippen LogP contribution in [0.4, 0.5) is 4.39 Å². The average molecular weight is 233 g/mol. The van der Waals surface area contributed by atoms with Crippen molar-refractivity contribution in [2.45, 2.75) is 20.4 Å². The lowest BCUT2D eigenvalue weighted by molar-refractivity contribution is -0.116. The molecule has 0 fully saturated rings. The number of aryl methyl sites for hydroxylation is 1. The minimum Gasteiger partial charge on any atom is -0.348 e. The van der Waals surface area contributed by atoms with Crippen molar-refractivity contribution in [2.75, 3.05) is 0 Å². The van der Waals surface area contributed by atoms with E-state index in [1.165, 1.54) is 12.1 Å². The molecule has 2 nitrogen and oxygen atoms in total. The zero-order chi connectivity index (χ0) is 12.7. The maximum Gasteiger partial charge on any atom is 0.244 e. The van der Waals surface area contributed by atoms with Crippen molar-refractivity contribution in [1.82, 2.24) is 5.32 Å². The summed E-state index contributed by atoms with van der Waals surface area (Å²) in [4.78, 5) is 11.3. The van der Waals surface area contributed by atoms with Gasteiger partial charge >= 0.3 is 0 Å². The number of rotatable bonds is 4. The van der Waals surface area contributed by atoms with Crippen molar-refractivity contribution < 1.29 is 9.18 Å². The highest BCUT2D eigenvalue weighted by molar-refractivity contribution is 5.87. The topological polar surface area (TPSA) is 29.1 Å². The van der Waals surface area contributed by atoms with Crippen molar-refractivity contribution in [3.63, 3.8) is 0 Å². The number of hydrogen-bond donors (Lipinski definition) is 1. The molecule has 0 aromatic heterocycles. The average Bonchev–Trinajstić information content (AvgIpc) is 2.31. The molecule has 17 heavy (non-hydrogen) atoms. The highest BCUT2D eigenvalue weighted by atomic mass is 19.1. The molecule has 1 rings (SSSR count). The summed E-state index contributed by atoms with van der Waals surface area (Å²) in [5.41, 5.74) is 1.36. The van der Waals surface area contributed by atoms with Gasteiger partial charge in [-0.15, -0.1) is 0 Å². The maximum atomic E-state index is 13.2. The van der Waals surface area contributed by atoms with Crippen LogP contribution < -0.4 is 5.32 Å². The van der Waals surface area contributed by atoms with Gasteiger partial charge in [-0.2, -0.15) is 0 Å². The molecule has 1 aromatic rings. The van der Waals surface area contributed by atoms with Crippen molar-refractivity contribution in [1.29, 1.82) is 0 Å². The van der Waals surface area contributed by atoms with Crippen LogP contribution in [-0.2, 0) is 11.3 Å². The summed E-state index contributed by atoms with van der Waals surface area (Å²) in [6.07, 6.45) is 6.69. The van der Waals surface area contributed by atoms with Gasteiger partial charge in [-0.1, -0.05) is 30.4 Å². The van der Waals surface area contributed by atoms with E-state index in [1.54, 1.807) is 31.2 Å². The van der Waals surface area contributed by atoms with Gasteiger partial charge in [0.05, 0.1) is 0 Å². The zero-order valence-electron chi connectivity index (χ0n) is 10.0. The molecule has 3 heteroatoms. The van der Waals surface area contributed by atoms with Crippen LogP contribution in [0.15, 0.2) is 42.5 Å². The van der Waals surface area contributed by atoms with Gasteiger partial charge in [0.15, 0.2) is 0 Å². The van der Waals surface area contributed by atoms with Crippen LogP contribution in [0, 0.1) is 12.7 Å². The van der Waals surface area contributed by atoms with Gasteiger partial charge in [0.25, 0.3) is 0 Å². The predicted molar refractivity (Wildman–Crippen MR) is 66.9 cm³/mol. The van der Waals surface area contributed by atoms with Gasteiger partial charge in [-0.05, 0) is 31.0 Å². The highest BCUT2D eigenvalue weighted by Crippen LogP contribution is 2.08. The lowest BCUT2D eigenvalue weighted by atomic mass is 10.1. The van der Waals surface area contributed by atoms with Crippen molar-refractivity contribution in [3.05, 3.63) is 59.4 Å². The normalized spacial score (nSPS) is 11.2. The van der Waals surface area contributed by atoms with Gasteiger partial charge in [0, 0.05) is 12.6 Å². The Hall–Kier alpha value is -1.90. The molecule has 0 unspecified atom stereocenters. The quantitative estimate of drug-likeness (QED) is 0.628. The number of allylic oxidation sites excluding steroid dienone is 3. The van der Waals surface area contributed by atoms with Crippen molar-refractivity contribution in [3.8, 4) is 0 Å². The summed E-state index contributed by atoms with van der Waals surface area (Å²) < 4.78 is 13.2. The molecule has 1 amide bonds. The number of hydrogen-bond acceptors (Lipinski definition) is 1. The molecule has 0 saturated heterocycles. The third-order valence-electron chi connectivity index (χ3n) is 2.25. The molecule has 0 aliphatic heterocycles. The summed E-state index contributed by atoms with van der Waals surface area (Å²) in [5, 5.41) is 2.68. The smallest absolute Gasteiger partial charge is 0.244 e. The minimum atomic E-state index is -0.249. The van der Waals surface area contributed by atoms with E-state index in [0.29, 0.717) is 12.1 Å². The number of halogens is 1.